The van der Waals surface area contributed by atoms with Crippen molar-refractivity contribution in [3.63, 3.8) is 0 Å². The van der Waals surface area contributed by atoms with Crippen molar-refractivity contribution in [1.29, 1.82) is 0 Å². The SMILES string of the molecule is c1ccc(-c2ccc3c(c2)c2cc(-c4ccc5c(c4)c4ccccc4n5-c4cc5c6c(c4)Oc4cc7ccccc7cc4N6c4cc6ccccc6cc4O5)ccc2n3-c2nc(-c3ccccc3)c3ccccc3n2)cc1. The lowest BCUT2D eigenvalue weighted by atomic mass is 9.99. The zero-order chi connectivity index (χ0) is 50.3. The third-order valence-corrected chi connectivity index (χ3v) is 15.8. The summed E-state index contributed by atoms with van der Waals surface area (Å²) in [5, 5.41) is 10.1. The van der Waals surface area contributed by atoms with Gasteiger partial charge in [-0.2, -0.15) is 0 Å². The molecule has 2 aliphatic rings. The molecule has 12 aromatic carbocycles. The van der Waals surface area contributed by atoms with Crippen LogP contribution in [0.3, 0.4) is 0 Å². The van der Waals surface area contributed by atoms with Gasteiger partial charge in [0.1, 0.15) is 5.69 Å². The van der Waals surface area contributed by atoms with Gasteiger partial charge in [-0.1, -0.05) is 164 Å². The Morgan fingerprint density at radius 2 is 0.753 bits per heavy atom. The Hall–Kier alpha value is -10.5. The van der Waals surface area contributed by atoms with E-state index in [9.17, 15) is 0 Å². The van der Waals surface area contributed by atoms with E-state index >= 15 is 0 Å². The molecule has 0 radical (unpaired) electrons. The fourth-order valence-corrected chi connectivity index (χ4v) is 12.2. The Kier molecular flexibility index (Phi) is 8.71. The second-order valence-corrected chi connectivity index (χ2v) is 20.2. The van der Waals surface area contributed by atoms with Crippen LogP contribution in [0.15, 0.2) is 249 Å². The minimum Gasteiger partial charge on any atom is -0.453 e. The van der Waals surface area contributed by atoms with Crippen molar-refractivity contribution in [3.8, 4) is 68.1 Å². The third kappa shape index (κ3) is 6.32. The van der Waals surface area contributed by atoms with Gasteiger partial charge in [0.2, 0.25) is 5.95 Å². The van der Waals surface area contributed by atoms with Crippen LogP contribution < -0.4 is 14.4 Å². The molecule has 0 spiro atoms. The molecule has 0 unspecified atom stereocenters. The number of benzene rings is 12. The predicted octanol–water partition coefficient (Wildman–Crippen LogP) is 18.8. The topological polar surface area (TPSA) is 57.3 Å². The second kappa shape index (κ2) is 16.0. The molecule has 0 aliphatic carbocycles. The van der Waals surface area contributed by atoms with E-state index < -0.39 is 0 Å². The molecule has 0 saturated carbocycles. The first-order chi connectivity index (χ1) is 38.1. The number of nitrogens with zero attached hydrogens (tertiary/aromatic N) is 5. The van der Waals surface area contributed by atoms with Crippen LogP contribution in [0.2, 0.25) is 0 Å². The van der Waals surface area contributed by atoms with Crippen molar-refractivity contribution in [2.75, 3.05) is 4.90 Å². The van der Waals surface area contributed by atoms with Crippen molar-refractivity contribution in [2.45, 2.75) is 0 Å². The smallest absolute Gasteiger partial charge is 0.235 e. The molecule has 0 atom stereocenters. The monoisotopic (exact) mass is 983 g/mol. The van der Waals surface area contributed by atoms with E-state index in [1.165, 1.54) is 0 Å². The molecule has 0 amide bonds. The number of ether oxygens (including phenoxy) is 2. The average molecular weight is 984 g/mol. The van der Waals surface area contributed by atoms with E-state index in [0.29, 0.717) is 5.95 Å². The third-order valence-electron chi connectivity index (χ3n) is 15.8. The molecular formula is C70H41N5O2. The summed E-state index contributed by atoms with van der Waals surface area (Å²) in [5.41, 5.74) is 15.4. The van der Waals surface area contributed by atoms with Crippen molar-refractivity contribution in [3.05, 3.63) is 249 Å². The van der Waals surface area contributed by atoms with Crippen molar-refractivity contribution in [1.82, 2.24) is 19.1 Å². The molecule has 17 rings (SSSR count). The van der Waals surface area contributed by atoms with E-state index in [-0.39, 0.29) is 0 Å². The quantitative estimate of drug-likeness (QED) is 0.172. The van der Waals surface area contributed by atoms with Crippen LogP contribution in [-0.2, 0) is 0 Å². The van der Waals surface area contributed by atoms with E-state index in [0.717, 1.165) is 155 Å². The number of hydrogen-bond donors (Lipinski definition) is 0. The molecule has 3 aromatic heterocycles. The number of fused-ring (bicyclic) bond motifs is 13. The Morgan fingerprint density at radius 1 is 0.299 bits per heavy atom. The van der Waals surface area contributed by atoms with Crippen LogP contribution in [0.5, 0.6) is 23.0 Å². The minimum atomic E-state index is 0.632. The summed E-state index contributed by atoms with van der Waals surface area (Å²) in [4.78, 5) is 13.0. The molecule has 358 valence electrons. The highest BCUT2D eigenvalue weighted by atomic mass is 16.5. The van der Waals surface area contributed by atoms with E-state index in [1.807, 2.05) is 12.1 Å². The van der Waals surface area contributed by atoms with Crippen LogP contribution in [0.4, 0.5) is 17.1 Å². The highest BCUT2D eigenvalue weighted by Gasteiger charge is 2.36. The molecule has 77 heavy (non-hydrogen) atoms. The number of aromatic nitrogens is 4. The lowest BCUT2D eigenvalue weighted by Crippen LogP contribution is -2.20. The summed E-state index contributed by atoms with van der Waals surface area (Å²) in [6, 6.07) is 88.5. The summed E-state index contributed by atoms with van der Waals surface area (Å²) < 4.78 is 18.6. The average Bonchev–Trinajstić information content (AvgIpc) is 4.15. The summed E-state index contributed by atoms with van der Waals surface area (Å²) in [7, 11) is 0. The first kappa shape index (κ1) is 41.9. The van der Waals surface area contributed by atoms with Gasteiger partial charge in [-0.05, 0) is 117 Å². The van der Waals surface area contributed by atoms with Gasteiger partial charge in [0, 0.05) is 44.6 Å². The summed E-state index contributed by atoms with van der Waals surface area (Å²) >= 11 is 0. The minimum absolute atomic E-state index is 0.632. The molecule has 7 heteroatoms. The lowest BCUT2D eigenvalue weighted by molar-refractivity contribution is 0.446. The van der Waals surface area contributed by atoms with Gasteiger partial charge < -0.3 is 14.0 Å². The van der Waals surface area contributed by atoms with E-state index in [4.69, 9.17) is 19.4 Å². The molecular weight excluding hydrogens is 943 g/mol. The van der Waals surface area contributed by atoms with Gasteiger partial charge in [0.25, 0.3) is 0 Å². The molecule has 7 nitrogen and oxygen atoms in total. The van der Waals surface area contributed by atoms with Gasteiger partial charge in [-0.25, -0.2) is 9.97 Å². The van der Waals surface area contributed by atoms with Gasteiger partial charge >= 0.3 is 0 Å². The molecule has 0 bridgehead atoms. The second-order valence-electron chi connectivity index (χ2n) is 20.2. The molecule has 2 aliphatic heterocycles. The molecule has 15 aromatic rings. The van der Waals surface area contributed by atoms with Gasteiger partial charge in [0.05, 0.1) is 50.3 Å². The maximum Gasteiger partial charge on any atom is 0.235 e. The Balaban J connectivity index is 0.840. The fraction of sp³-hybridized carbons (Fsp3) is 0. The van der Waals surface area contributed by atoms with Gasteiger partial charge in [-0.3, -0.25) is 9.47 Å². The molecule has 0 N–H and O–H groups in total. The van der Waals surface area contributed by atoms with Crippen molar-refractivity contribution < 1.29 is 9.47 Å². The van der Waals surface area contributed by atoms with E-state index in [1.54, 1.807) is 0 Å². The van der Waals surface area contributed by atoms with Crippen LogP contribution in [0, 0.1) is 0 Å². The Morgan fingerprint density at radius 3 is 1.35 bits per heavy atom. The van der Waals surface area contributed by atoms with Crippen LogP contribution in [0.1, 0.15) is 0 Å². The summed E-state index contributed by atoms with van der Waals surface area (Å²) in [6.45, 7) is 0. The first-order valence-corrected chi connectivity index (χ1v) is 26.0. The maximum absolute atomic E-state index is 7.00. The van der Waals surface area contributed by atoms with Gasteiger partial charge in [0.15, 0.2) is 23.0 Å². The zero-order valence-electron chi connectivity index (χ0n) is 41.2. The highest BCUT2D eigenvalue weighted by molar-refractivity contribution is 6.14. The molecule has 5 heterocycles. The maximum atomic E-state index is 7.00. The van der Waals surface area contributed by atoms with Crippen LogP contribution >= 0.6 is 0 Å². The highest BCUT2D eigenvalue weighted by Crippen LogP contribution is 2.61. The van der Waals surface area contributed by atoms with Crippen molar-refractivity contribution >= 4 is 93.1 Å². The number of para-hydroxylation sites is 2. The zero-order valence-corrected chi connectivity index (χ0v) is 41.2. The summed E-state index contributed by atoms with van der Waals surface area (Å²) in [5.74, 6) is 3.69. The fourth-order valence-electron chi connectivity index (χ4n) is 12.2. The number of rotatable bonds is 5. The van der Waals surface area contributed by atoms with Crippen molar-refractivity contribution in [2.24, 2.45) is 0 Å². The summed E-state index contributed by atoms with van der Waals surface area (Å²) in [6.07, 6.45) is 0. The molecule has 0 fully saturated rings. The number of anilines is 3. The van der Waals surface area contributed by atoms with Crippen LogP contribution in [0.25, 0.3) is 121 Å². The Bertz CT molecular complexity index is 4890. The van der Waals surface area contributed by atoms with Crippen LogP contribution in [-0.4, -0.2) is 19.1 Å². The standard InChI is InChI=1S/C70H41N5O2/c1-3-15-42(16-4-1)48-27-31-60-55(33-48)56-35-50(29-32-61(56)75(60)70-71-57-25-13-11-24-53(57)68(72-70)43-17-5-2-6-18-43)49-28-30-59-54(34-49)52-23-12-14-26-58(52)73(59)51-40-66-69-67(41-51)77-65-39-47-22-10-8-20-45(47)37-63(65)74(69)62-36-44-19-7-9-21-46(44)38-64(62)76-66/h1-41H. The largest absolute Gasteiger partial charge is 0.453 e. The predicted molar refractivity (Wildman–Crippen MR) is 314 cm³/mol. The first-order valence-electron chi connectivity index (χ1n) is 26.0. The van der Waals surface area contributed by atoms with E-state index in [2.05, 4.69) is 251 Å². The lowest BCUT2D eigenvalue weighted by Gasteiger charge is -2.38. The normalized spacial score (nSPS) is 12.6. The van der Waals surface area contributed by atoms with Gasteiger partial charge in [-0.15, -0.1) is 0 Å². The Labute approximate surface area is 441 Å². The molecule has 0 saturated heterocycles. The number of hydrogen-bond acceptors (Lipinski definition) is 5.